The molecule has 3 aromatic rings. The third-order valence-corrected chi connectivity index (χ3v) is 5.63. The van der Waals surface area contributed by atoms with Gasteiger partial charge in [0.05, 0.1) is 11.5 Å². The summed E-state index contributed by atoms with van der Waals surface area (Å²) in [4.78, 5) is 45.6. The monoisotopic (exact) mass is 479 g/mol. The number of hydrogen-bond acceptors (Lipinski definition) is 8. The first-order valence-electron chi connectivity index (χ1n) is 10.8. The lowest BCUT2D eigenvalue weighted by Crippen LogP contribution is -2.41. The number of aromatic amines is 1. The van der Waals surface area contributed by atoms with Crippen molar-refractivity contribution in [2.75, 3.05) is 11.5 Å². The Morgan fingerprint density at radius 1 is 1.11 bits per heavy atom. The highest BCUT2D eigenvalue weighted by Crippen LogP contribution is 2.33. The molecule has 1 unspecified atom stereocenters. The van der Waals surface area contributed by atoms with Gasteiger partial charge in [0, 0.05) is 24.6 Å². The lowest BCUT2D eigenvalue weighted by molar-refractivity contribution is -0.140. The van der Waals surface area contributed by atoms with Gasteiger partial charge in [-0.05, 0) is 48.4 Å². The van der Waals surface area contributed by atoms with Crippen LogP contribution in [0.5, 0.6) is 0 Å². The van der Waals surface area contributed by atoms with Crippen LogP contribution < -0.4 is 16.8 Å². The molecule has 1 aromatic carbocycles. The molecule has 0 aliphatic heterocycles. The van der Waals surface area contributed by atoms with Gasteiger partial charge in [0.15, 0.2) is 0 Å². The largest absolute Gasteiger partial charge is 0.481 e. The summed E-state index contributed by atoms with van der Waals surface area (Å²) in [7, 11) is 0. The number of fused-ring (bicyclic) bond motifs is 1. The van der Waals surface area contributed by atoms with Crippen molar-refractivity contribution in [1.29, 1.82) is 5.26 Å². The number of nitrogens with zero attached hydrogens (tertiary/aromatic N) is 3. The lowest BCUT2D eigenvalue weighted by Gasteiger charge is -2.15. The molecule has 12 nitrogen and oxygen atoms in total. The van der Waals surface area contributed by atoms with E-state index >= 15 is 0 Å². The van der Waals surface area contributed by atoms with Crippen LogP contribution in [0.15, 0.2) is 30.5 Å². The van der Waals surface area contributed by atoms with E-state index in [1.807, 2.05) is 0 Å². The molecule has 0 spiro atoms. The predicted molar refractivity (Wildman–Crippen MR) is 126 cm³/mol. The van der Waals surface area contributed by atoms with Crippen LogP contribution in [0.3, 0.4) is 0 Å². The number of nitrogens with two attached hydrogens (primary N) is 2. The number of nitrogens with one attached hydrogen (secondary N) is 2. The second kappa shape index (κ2) is 11.0. The number of aliphatic carboxylic acids is 2. The Balaban J connectivity index is 1.67. The summed E-state index contributed by atoms with van der Waals surface area (Å²) in [5, 5.41) is 30.3. The number of hydrogen-bond donors (Lipinski definition) is 6. The standard InChI is InChI=1S/C23H25N7O5/c24-10-9-13(15-11-27-20-18(15)19(25)29-23(26)30-20)4-1-12-2-5-14(6-3-12)21(33)28-16(22(34)35)7-8-17(31)32/h2-3,5-6,11,13,16H,1,4,7-9H2,(H,28,33)(H,31,32)(H,34,35)(H5,25,26,27,29,30)/t13?,16-/m0/s1. The van der Waals surface area contributed by atoms with Gasteiger partial charge in [-0.25, -0.2) is 4.79 Å². The predicted octanol–water partition coefficient (Wildman–Crippen LogP) is 1.80. The van der Waals surface area contributed by atoms with Crippen molar-refractivity contribution in [2.24, 2.45) is 0 Å². The Bertz CT molecular complexity index is 1280. The highest BCUT2D eigenvalue weighted by molar-refractivity contribution is 5.96. The summed E-state index contributed by atoms with van der Waals surface area (Å²) in [5.74, 6) is -2.89. The number of nitrogen functional groups attached to an aromatic ring is 2. The molecule has 1 amide bonds. The molecule has 0 saturated heterocycles. The number of carboxylic acid groups (broad SMARTS) is 2. The highest BCUT2D eigenvalue weighted by atomic mass is 16.4. The van der Waals surface area contributed by atoms with Gasteiger partial charge in [0.1, 0.15) is 17.5 Å². The van der Waals surface area contributed by atoms with E-state index in [-0.39, 0.29) is 42.5 Å². The average Bonchev–Trinajstić information content (AvgIpc) is 3.23. The molecule has 0 aliphatic carbocycles. The van der Waals surface area contributed by atoms with E-state index < -0.39 is 23.9 Å². The van der Waals surface area contributed by atoms with Gasteiger partial charge >= 0.3 is 11.9 Å². The summed E-state index contributed by atoms with van der Waals surface area (Å²) < 4.78 is 0. The minimum Gasteiger partial charge on any atom is -0.481 e. The second-order valence-electron chi connectivity index (χ2n) is 8.03. The normalized spacial score (nSPS) is 12.5. The topological polar surface area (TPSA) is 221 Å². The highest BCUT2D eigenvalue weighted by Gasteiger charge is 2.22. The average molecular weight is 479 g/mol. The smallest absolute Gasteiger partial charge is 0.326 e. The number of carbonyl (C=O) groups excluding carboxylic acids is 1. The Morgan fingerprint density at radius 3 is 2.46 bits per heavy atom. The number of nitriles is 1. The fourth-order valence-electron chi connectivity index (χ4n) is 3.83. The van der Waals surface area contributed by atoms with Crippen LogP contribution in [0.2, 0.25) is 0 Å². The first kappa shape index (κ1) is 25.0. The van der Waals surface area contributed by atoms with Gasteiger partial charge in [0.25, 0.3) is 5.91 Å². The maximum Gasteiger partial charge on any atom is 0.326 e. The fourth-order valence-corrected chi connectivity index (χ4v) is 3.83. The van der Waals surface area contributed by atoms with Crippen molar-refractivity contribution >= 4 is 40.6 Å². The molecule has 35 heavy (non-hydrogen) atoms. The molecule has 12 heteroatoms. The minimum absolute atomic E-state index is 0.0564. The Morgan fingerprint density at radius 2 is 1.83 bits per heavy atom. The van der Waals surface area contributed by atoms with E-state index in [9.17, 15) is 24.8 Å². The Labute approximate surface area is 200 Å². The van der Waals surface area contributed by atoms with Crippen LogP contribution in [0.25, 0.3) is 11.0 Å². The lowest BCUT2D eigenvalue weighted by atomic mass is 9.90. The minimum atomic E-state index is -1.30. The zero-order valence-corrected chi connectivity index (χ0v) is 18.7. The molecular weight excluding hydrogens is 454 g/mol. The summed E-state index contributed by atoms with van der Waals surface area (Å²) in [6.45, 7) is 0. The Kier molecular flexibility index (Phi) is 7.83. The fraction of sp³-hybridized carbons (Fsp3) is 0.304. The van der Waals surface area contributed by atoms with Crippen molar-refractivity contribution in [3.8, 4) is 6.07 Å². The van der Waals surface area contributed by atoms with Gasteiger partial charge < -0.3 is 32.0 Å². The van der Waals surface area contributed by atoms with Gasteiger partial charge in [-0.1, -0.05) is 12.1 Å². The molecule has 0 radical (unpaired) electrons. The first-order valence-corrected chi connectivity index (χ1v) is 10.8. The SMILES string of the molecule is N#CCC(CCc1ccc(C(=O)N[C@@H](CCC(=O)O)C(=O)O)cc1)c1c[nH]c2nc(N)nc(N)c12. The molecule has 2 heterocycles. The molecule has 8 N–H and O–H groups in total. The van der Waals surface area contributed by atoms with Crippen LogP contribution in [0, 0.1) is 11.3 Å². The van der Waals surface area contributed by atoms with Crippen LogP contribution in [0.1, 0.15) is 53.1 Å². The molecule has 182 valence electrons. The maximum atomic E-state index is 12.4. The van der Waals surface area contributed by atoms with Gasteiger partial charge in [0.2, 0.25) is 5.95 Å². The van der Waals surface area contributed by atoms with Crippen LogP contribution >= 0.6 is 0 Å². The quantitative estimate of drug-likeness (QED) is 0.234. The summed E-state index contributed by atoms with van der Waals surface area (Å²) in [6, 6.07) is 7.54. The molecule has 0 aliphatic rings. The summed E-state index contributed by atoms with van der Waals surface area (Å²) in [6.07, 6.45) is 2.64. The van der Waals surface area contributed by atoms with Crippen molar-refractivity contribution in [2.45, 2.75) is 44.1 Å². The van der Waals surface area contributed by atoms with Gasteiger partial charge in [-0.15, -0.1) is 0 Å². The zero-order valence-electron chi connectivity index (χ0n) is 18.7. The van der Waals surface area contributed by atoms with Gasteiger partial charge in [-0.2, -0.15) is 15.2 Å². The first-order chi connectivity index (χ1) is 16.7. The molecule has 0 fully saturated rings. The van der Waals surface area contributed by atoms with Crippen LogP contribution in [-0.2, 0) is 16.0 Å². The second-order valence-corrected chi connectivity index (χ2v) is 8.03. The summed E-state index contributed by atoms with van der Waals surface area (Å²) in [5.41, 5.74) is 14.2. The van der Waals surface area contributed by atoms with Crippen LogP contribution in [-0.4, -0.2) is 49.1 Å². The number of amides is 1. The zero-order chi connectivity index (χ0) is 25.5. The number of aryl methyl sites for hydroxylation is 1. The van der Waals surface area contributed by atoms with Gasteiger partial charge in [-0.3, -0.25) is 9.59 Å². The molecule has 0 saturated carbocycles. The van der Waals surface area contributed by atoms with E-state index in [1.165, 1.54) is 0 Å². The molecule has 0 bridgehead atoms. The molecule has 3 rings (SSSR count). The van der Waals surface area contributed by atoms with Crippen LogP contribution in [0.4, 0.5) is 11.8 Å². The number of benzene rings is 1. The van der Waals surface area contributed by atoms with Crippen molar-refractivity contribution in [1.82, 2.24) is 20.3 Å². The van der Waals surface area contributed by atoms with E-state index in [0.717, 1.165) is 11.1 Å². The van der Waals surface area contributed by atoms with Crippen molar-refractivity contribution in [3.05, 3.63) is 47.2 Å². The number of carbonyl (C=O) groups is 3. The van der Waals surface area contributed by atoms with Crippen molar-refractivity contribution in [3.63, 3.8) is 0 Å². The molecule has 2 aromatic heterocycles. The number of carboxylic acids is 2. The third-order valence-electron chi connectivity index (χ3n) is 5.63. The molecule has 2 atom stereocenters. The van der Waals surface area contributed by atoms with E-state index in [0.29, 0.717) is 23.9 Å². The molecular formula is C23H25N7O5. The maximum absolute atomic E-state index is 12.4. The third kappa shape index (κ3) is 6.23. The number of rotatable bonds is 11. The van der Waals surface area contributed by atoms with E-state index in [2.05, 4.69) is 26.3 Å². The van der Waals surface area contributed by atoms with Crippen molar-refractivity contribution < 1.29 is 24.6 Å². The number of aromatic nitrogens is 3. The number of anilines is 2. The summed E-state index contributed by atoms with van der Waals surface area (Å²) >= 11 is 0. The number of H-pyrrole nitrogens is 1. The van der Waals surface area contributed by atoms with E-state index in [1.54, 1.807) is 30.5 Å². The van der Waals surface area contributed by atoms with E-state index in [4.69, 9.17) is 16.6 Å². The Hall–Kier alpha value is -4.66.